The number of ether oxygens (including phenoxy) is 2. The van der Waals surface area contributed by atoms with Crippen LogP contribution >= 0.6 is 11.6 Å². The fourth-order valence-corrected chi connectivity index (χ4v) is 2.02. The summed E-state index contributed by atoms with van der Waals surface area (Å²) in [5.41, 5.74) is 0.689. The predicted molar refractivity (Wildman–Crippen MR) is 95.8 cm³/mol. The van der Waals surface area contributed by atoms with Gasteiger partial charge < -0.3 is 14.8 Å². The van der Waals surface area contributed by atoms with Gasteiger partial charge in [0.15, 0.2) is 6.19 Å². The third kappa shape index (κ3) is 7.08. The molecule has 0 spiro atoms. The Bertz CT molecular complexity index is 718. The summed E-state index contributed by atoms with van der Waals surface area (Å²) < 4.78 is 11.0. The highest BCUT2D eigenvalue weighted by Gasteiger charge is 2.00. The largest absolute Gasteiger partial charge is 0.490 e. The molecule has 2 aromatic rings. The summed E-state index contributed by atoms with van der Waals surface area (Å²) in [5.74, 6) is 0.987. The van der Waals surface area contributed by atoms with Crippen LogP contribution in [0.5, 0.6) is 5.75 Å². The zero-order chi connectivity index (χ0) is 17.7. The molecule has 25 heavy (non-hydrogen) atoms. The van der Waals surface area contributed by atoms with Gasteiger partial charge in [-0.1, -0.05) is 23.7 Å². The topological polar surface area (TPSA) is 91.6 Å². The predicted octanol–water partition coefficient (Wildman–Crippen LogP) is 2.48. The first-order chi connectivity index (χ1) is 12.3. The molecule has 0 aliphatic carbocycles. The molecule has 1 aromatic carbocycles. The van der Waals surface area contributed by atoms with E-state index in [0.29, 0.717) is 48.8 Å². The molecule has 1 aromatic heterocycles. The van der Waals surface area contributed by atoms with Crippen LogP contribution in [0.15, 0.2) is 53.8 Å². The summed E-state index contributed by atoms with van der Waals surface area (Å²) in [6.07, 6.45) is 5.10. The van der Waals surface area contributed by atoms with Gasteiger partial charge in [0.2, 0.25) is 5.96 Å². The molecule has 0 radical (unpaired) electrons. The lowest BCUT2D eigenvalue weighted by Gasteiger charge is -2.10. The number of aliphatic imine (C=N–C) groups is 1. The van der Waals surface area contributed by atoms with Gasteiger partial charge in [-0.15, -0.1) is 0 Å². The Kier molecular flexibility index (Phi) is 8.05. The summed E-state index contributed by atoms with van der Waals surface area (Å²) in [4.78, 5) is 8.18. The van der Waals surface area contributed by atoms with Crippen LogP contribution in [-0.4, -0.2) is 37.3 Å². The number of para-hydroxylation sites is 1. The number of nitrogens with one attached hydrogen (secondary N) is 2. The van der Waals surface area contributed by atoms with E-state index in [0.717, 1.165) is 0 Å². The van der Waals surface area contributed by atoms with E-state index < -0.39 is 0 Å². The molecule has 8 heteroatoms. The fraction of sp³-hybridized carbons (Fsp3) is 0.235. The Morgan fingerprint density at radius 3 is 2.72 bits per heavy atom. The number of benzene rings is 1. The van der Waals surface area contributed by atoms with E-state index in [9.17, 15) is 0 Å². The van der Waals surface area contributed by atoms with E-state index in [1.807, 2.05) is 18.3 Å². The maximum atomic E-state index is 8.77. The molecule has 0 aliphatic heterocycles. The lowest BCUT2D eigenvalue weighted by molar-refractivity contribution is 0.104. The number of hydrogen-bond donors (Lipinski definition) is 2. The third-order valence-corrected chi connectivity index (χ3v) is 3.25. The van der Waals surface area contributed by atoms with Gasteiger partial charge in [-0.2, -0.15) is 5.26 Å². The highest BCUT2D eigenvalue weighted by atomic mass is 35.5. The van der Waals surface area contributed by atoms with Gasteiger partial charge in [-0.3, -0.25) is 10.3 Å². The van der Waals surface area contributed by atoms with Gasteiger partial charge >= 0.3 is 0 Å². The zero-order valence-electron chi connectivity index (χ0n) is 13.5. The number of pyridine rings is 1. The second-order valence-electron chi connectivity index (χ2n) is 4.72. The Labute approximate surface area is 151 Å². The van der Waals surface area contributed by atoms with Gasteiger partial charge in [0.25, 0.3) is 0 Å². The van der Waals surface area contributed by atoms with Crippen molar-refractivity contribution in [2.45, 2.75) is 0 Å². The first kappa shape index (κ1) is 18.5. The molecule has 0 unspecified atom stereocenters. The molecule has 0 bridgehead atoms. The molecular formula is C17H18ClN5O2. The van der Waals surface area contributed by atoms with Crippen molar-refractivity contribution in [3.63, 3.8) is 0 Å². The molecule has 0 atom stereocenters. The minimum Gasteiger partial charge on any atom is -0.490 e. The molecule has 0 amide bonds. The average molecular weight is 360 g/mol. The SMILES string of the molecule is N#CN/C(=N/c1ccncc1)NCCOCCOc1ccccc1Cl. The molecule has 0 aliphatic rings. The highest BCUT2D eigenvalue weighted by Crippen LogP contribution is 2.22. The van der Waals surface area contributed by atoms with Crippen molar-refractivity contribution in [2.75, 3.05) is 26.4 Å². The highest BCUT2D eigenvalue weighted by molar-refractivity contribution is 6.32. The van der Waals surface area contributed by atoms with Gasteiger partial charge in [0.1, 0.15) is 12.4 Å². The van der Waals surface area contributed by atoms with Crippen molar-refractivity contribution in [3.05, 3.63) is 53.8 Å². The molecule has 7 nitrogen and oxygen atoms in total. The molecule has 2 N–H and O–H groups in total. The van der Waals surface area contributed by atoms with Crippen molar-refractivity contribution >= 4 is 23.2 Å². The summed E-state index contributed by atoms with van der Waals surface area (Å²) in [6, 6.07) is 10.8. The first-order valence-corrected chi connectivity index (χ1v) is 8.00. The molecule has 130 valence electrons. The average Bonchev–Trinajstić information content (AvgIpc) is 2.63. The number of guanidine groups is 1. The number of halogens is 1. The van der Waals surface area contributed by atoms with Crippen LogP contribution in [0.4, 0.5) is 5.69 Å². The molecule has 0 fully saturated rings. The minimum absolute atomic E-state index is 0.351. The lowest BCUT2D eigenvalue weighted by Crippen LogP contribution is -2.36. The van der Waals surface area contributed by atoms with E-state index in [-0.39, 0.29) is 0 Å². The number of hydrogen-bond acceptors (Lipinski definition) is 5. The standard InChI is InChI=1S/C17H18ClN5O2/c18-15-3-1-2-4-16(15)25-12-11-24-10-9-21-17(22-13-19)23-14-5-7-20-8-6-14/h1-8H,9-12H2,(H2,20,21,22,23). The number of nitrogens with zero attached hydrogens (tertiary/aromatic N) is 3. The Morgan fingerprint density at radius 2 is 1.96 bits per heavy atom. The Hall–Kier alpha value is -2.82. The second-order valence-corrected chi connectivity index (χ2v) is 5.13. The van der Waals surface area contributed by atoms with Crippen LogP contribution in [-0.2, 0) is 4.74 Å². The molecular weight excluding hydrogens is 342 g/mol. The summed E-state index contributed by atoms with van der Waals surface area (Å²) in [6.45, 7) is 1.76. The maximum Gasteiger partial charge on any atom is 0.210 e. The quantitative estimate of drug-likeness (QED) is 0.247. The summed E-state index contributed by atoms with van der Waals surface area (Å²) in [7, 11) is 0. The zero-order valence-corrected chi connectivity index (χ0v) is 14.2. The third-order valence-electron chi connectivity index (χ3n) is 2.94. The molecule has 1 heterocycles. The van der Waals surface area contributed by atoms with Crippen molar-refractivity contribution in [1.29, 1.82) is 5.26 Å². The lowest BCUT2D eigenvalue weighted by atomic mass is 10.3. The van der Waals surface area contributed by atoms with Crippen LogP contribution in [0, 0.1) is 11.5 Å². The van der Waals surface area contributed by atoms with Crippen molar-refractivity contribution in [2.24, 2.45) is 4.99 Å². The van der Waals surface area contributed by atoms with E-state index in [4.69, 9.17) is 26.3 Å². The summed E-state index contributed by atoms with van der Waals surface area (Å²) >= 11 is 5.99. The van der Waals surface area contributed by atoms with Crippen LogP contribution in [0.3, 0.4) is 0 Å². The van der Waals surface area contributed by atoms with Crippen molar-refractivity contribution in [3.8, 4) is 11.9 Å². The Morgan fingerprint density at radius 1 is 1.16 bits per heavy atom. The number of aromatic nitrogens is 1. The molecule has 2 rings (SSSR count). The normalized spacial score (nSPS) is 10.8. The number of nitriles is 1. The minimum atomic E-state index is 0.351. The van der Waals surface area contributed by atoms with Gasteiger partial charge in [0, 0.05) is 18.9 Å². The molecule has 0 saturated carbocycles. The van der Waals surface area contributed by atoms with Crippen LogP contribution < -0.4 is 15.4 Å². The van der Waals surface area contributed by atoms with E-state index in [1.54, 1.807) is 36.7 Å². The number of rotatable bonds is 8. The second kappa shape index (κ2) is 10.9. The maximum absolute atomic E-state index is 8.77. The monoisotopic (exact) mass is 359 g/mol. The van der Waals surface area contributed by atoms with Gasteiger partial charge in [-0.25, -0.2) is 4.99 Å². The first-order valence-electron chi connectivity index (χ1n) is 7.62. The fourth-order valence-electron chi connectivity index (χ4n) is 1.83. The van der Waals surface area contributed by atoms with Gasteiger partial charge in [0.05, 0.1) is 23.9 Å². The van der Waals surface area contributed by atoms with E-state index in [2.05, 4.69) is 20.6 Å². The van der Waals surface area contributed by atoms with Crippen LogP contribution in [0.2, 0.25) is 5.02 Å². The Balaban J connectivity index is 1.65. The smallest absolute Gasteiger partial charge is 0.210 e. The van der Waals surface area contributed by atoms with Crippen LogP contribution in [0.1, 0.15) is 0 Å². The van der Waals surface area contributed by atoms with Gasteiger partial charge in [-0.05, 0) is 24.3 Å². The van der Waals surface area contributed by atoms with E-state index in [1.165, 1.54) is 0 Å². The molecule has 0 saturated heterocycles. The van der Waals surface area contributed by atoms with Crippen molar-refractivity contribution < 1.29 is 9.47 Å². The van der Waals surface area contributed by atoms with Crippen molar-refractivity contribution in [1.82, 2.24) is 15.6 Å². The van der Waals surface area contributed by atoms with E-state index >= 15 is 0 Å². The summed E-state index contributed by atoms with van der Waals surface area (Å²) in [5, 5.41) is 14.8. The van der Waals surface area contributed by atoms with Crippen LogP contribution in [0.25, 0.3) is 0 Å².